The van der Waals surface area contributed by atoms with E-state index < -0.39 is 0 Å². The van der Waals surface area contributed by atoms with Crippen LogP contribution < -0.4 is 5.32 Å². The Hall–Kier alpha value is -1.69. The molecule has 2 aliphatic heterocycles. The third kappa shape index (κ3) is 1.49. The van der Waals surface area contributed by atoms with Crippen molar-refractivity contribution in [3.8, 4) is 0 Å². The van der Waals surface area contributed by atoms with E-state index in [9.17, 15) is 0 Å². The lowest BCUT2D eigenvalue weighted by molar-refractivity contribution is 0.102. The van der Waals surface area contributed by atoms with Crippen molar-refractivity contribution in [2.24, 2.45) is 0 Å². The Labute approximate surface area is 104 Å². The van der Waals surface area contributed by atoms with E-state index in [1.807, 2.05) is 13.0 Å². The van der Waals surface area contributed by atoms with Crippen molar-refractivity contribution in [3.63, 3.8) is 0 Å². The van der Waals surface area contributed by atoms with E-state index in [0.717, 1.165) is 24.4 Å². The highest BCUT2D eigenvalue weighted by molar-refractivity contribution is 5.45. The smallest absolute Gasteiger partial charge is 0.254 e. The molecule has 4 rings (SSSR count). The van der Waals surface area contributed by atoms with Gasteiger partial charge < -0.3 is 10.1 Å². The number of ether oxygens (including phenoxy) is 1. The number of hydrogen-bond donors (Lipinski definition) is 1. The van der Waals surface area contributed by atoms with E-state index in [1.165, 1.54) is 12.7 Å². The monoisotopic (exact) mass is 245 g/mol. The minimum atomic E-state index is 0.349. The average molecular weight is 245 g/mol. The first-order chi connectivity index (χ1) is 8.79. The minimum Gasteiger partial charge on any atom is -0.373 e. The molecular weight excluding hydrogens is 230 g/mol. The summed E-state index contributed by atoms with van der Waals surface area (Å²) < 4.78 is 7.61. The molecule has 2 aromatic heterocycles. The Morgan fingerprint density at radius 1 is 1.44 bits per heavy atom. The predicted molar refractivity (Wildman–Crippen MR) is 65.4 cm³/mol. The number of rotatable bonds is 2. The standard InChI is InChI=1S/C12H15N5O/c1-7-4-11(17-12(15-7)13-6-14-17)16-9-5-8-2-3-10(9)18-8/h4,6,8-10,16H,2-3,5H2,1H3. The minimum absolute atomic E-state index is 0.349. The van der Waals surface area contributed by atoms with Crippen LogP contribution in [0.25, 0.3) is 5.78 Å². The maximum absolute atomic E-state index is 5.86. The van der Waals surface area contributed by atoms with E-state index in [4.69, 9.17) is 4.74 Å². The molecular formula is C12H15N5O. The van der Waals surface area contributed by atoms with Gasteiger partial charge in [-0.3, -0.25) is 0 Å². The van der Waals surface area contributed by atoms with Crippen LogP contribution in [0.15, 0.2) is 12.4 Å². The maximum atomic E-state index is 5.86. The van der Waals surface area contributed by atoms with Crippen molar-refractivity contribution in [2.75, 3.05) is 5.32 Å². The summed E-state index contributed by atoms with van der Waals surface area (Å²) in [5.74, 6) is 1.60. The Morgan fingerprint density at radius 2 is 2.39 bits per heavy atom. The summed E-state index contributed by atoms with van der Waals surface area (Å²) in [7, 11) is 0. The van der Waals surface area contributed by atoms with Crippen LogP contribution in [0.4, 0.5) is 5.82 Å². The lowest BCUT2D eigenvalue weighted by atomic mass is 9.95. The van der Waals surface area contributed by atoms with Gasteiger partial charge in [0.05, 0.1) is 18.2 Å². The quantitative estimate of drug-likeness (QED) is 0.860. The molecule has 2 saturated heterocycles. The van der Waals surface area contributed by atoms with Crippen molar-refractivity contribution in [1.29, 1.82) is 0 Å². The van der Waals surface area contributed by atoms with Gasteiger partial charge in [-0.25, -0.2) is 4.98 Å². The highest BCUT2D eigenvalue weighted by atomic mass is 16.5. The fourth-order valence-electron chi connectivity index (χ4n) is 3.01. The van der Waals surface area contributed by atoms with Gasteiger partial charge in [-0.15, -0.1) is 0 Å². The van der Waals surface area contributed by atoms with Crippen LogP contribution in [0.3, 0.4) is 0 Å². The third-order valence-electron chi connectivity index (χ3n) is 3.82. The number of anilines is 1. The van der Waals surface area contributed by atoms with Crippen molar-refractivity contribution < 1.29 is 4.74 Å². The lowest BCUT2D eigenvalue weighted by Crippen LogP contribution is -2.31. The van der Waals surface area contributed by atoms with Crippen LogP contribution in [0.1, 0.15) is 25.0 Å². The van der Waals surface area contributed by atoms with Gasteiger partial charge in [0.2, 0.25) is 0 Å². The molecule has 0 spiro atoms. The zero-order valence-electron chi connectivity index (χ0n) is 10.2. The molecule has 1 N–H and O–H groups in total. The van der Waals surface area contributed by atoms with E-state index in [0.29, 0.717) is 24.0 Å². The Morgan fingerprint density at radius 3 is 3.17 bits per heavy atom. The normalized spacial score (nSPS) is 30.2. The SMILES string of the molecule is Cc1cc(NC2CC3CCC2O3)n2ncnc2n1. The van der Waals surface area contributed by atoms with Crippen molar-refractivity contribution >= 4 is 11.6 Å². The van der Waals surface area contributed by atoms with Crippen LogP contribution >= 0.6 is 0 Å². The van der Waals surface area contributed by atoms with Crippen LogP contribution in [0, 0.1) is 6.92 Å². The maximum Gasteiger partial charge on any atom is 0.254 e. The van der Waals surface area contributed by atoms with Crippen molar-refractivity contribution in [1.82, 2.24) is 19.6 Å². The molecule has 4 heterocycles. The van der Waals surface area contributed by atoms with Gasteiger partial charge >= 0.3 is 0 Å². The summed E-state index contributed by atoms with van der Waals surface area (Å²) in [5.41, 5.74) is 0.946. The third-order valence-corrected chi connectivity index (χ3v) is 3.82. The molecule has 6 nitrogen and oxygen atoms in total. The number of fused-ring (bicyclic) bond motifs is 3. The summed E-state index contributed by atoms with van der Waals surface area (Å²) in [5, 5.41) is 7.74. The van der Waals surface area contributed by atoms with Gasteiger partial charge in [0.15, 0.2) is 0 Å². The van der Waals surface area contributed by atoms with Gasteiger partial charge in [0.25, 0.3) is 5.78 Å². The van der Waals surface area contributed by atoms with Gasteiger partial charge in [0, 0.05) is 11.8 Å². The molecule has 2 aromatic rings. The molecule has 0 aromatic carbocycles. The largest absolute Gasteiger partial charge is 0.373 e. The van der Waals surface area contributed by atoms with Crippen molar-refractivity contribution in [2.45, 2.75) is 44.4 Å². The van der Waals surface area contributed by atoms with Gasteiger partial charge in [-0.2, -0.15) is 14.6 Å². The summed E-state index contributed by atoms with van der Waals surface area (Å²) in [6, 6.07) is 2.39. The first-order valence-corrected chi connectivity index (χ1v) is 6.39. The highest BCUT2D eigenvalue weighted by Gasteiger charge is 2.40. The first kappa shape index (κ1) is 10.3. The Bertz CT molecular complexity index is 595. The molecule has 2 bridgehead atoms. The molecule has 0 amide bonds. The number of nitrogens with zero attached hydrogens (tertiary/aromatic N) is 4. The molecule has 0 saturated carbocycles. The van der Waals surface area contributed by atoms with Crippen LogP contribution in [0.2, 0.25) is 0 Å². The highest BCUT2D eigenvalue weighted by Crippen LogP contribution is 2.35. The average Bonchev–Trinajstić information content (AvgIpc) is 3.02. The second-order valence-corrected chi connectivity index (χ2v) is 5.12. The summed E-state index contributed by atoms with van der Waals surface area (Å²) in [6.45, 7) is 1.97. The van der Waals surface area contributed by atoms with E-state index in [-0.39, 0.29) is 0 Å². The molecule has 18 heavy (non-hydrogen) atoms. The fourth-order valence-corrected chi connectivity index (χ4v) is 3.01. The summed E-state index contributed by atoms with van der Waals surface area (Å²) in [4.78, 5) is 8.47. The number of aryl methyl sites for hydroxylation is 1. The predicted octanol–water partition coefficient (Wildman–Crippen LogP) is 1.16. The second kappa shape index (κ2) is 3.65. The molecule has 3 unspecified atom stereocenters. The Balaban J connectivity index is 1.68. The number of hydrogen-bond acceptors (Lipinski definition) is 5. The molecule has 3 atom stereocenters. The van der Waals surface area contributed by atoms with Gasteiger partial charge in [-0.05, 0) is 26.2 Å². The Kier molecular flexibility index (Phi) is 2.08. The van der Waals surface area contributed by atoms with E-state index >= 15 is 0 Å². The first-order valence-electron chi connectivity index (χ1n) is 6.39. The lowest BCUT2D eigenvalue weighted by Gasteiger charge is -2.21. The zero-order valence-corrected chi connectivity index (χ0v) is 10.2. The van der Waals surface area contributed by atoms with Crippen molar-refractivity contribution in [3.05, 3.63) is 18.1 Å². The fraction of sp³-hybridized carbons (Fsp3) is 0.583. The van der Waals surface area contributed by atoms with Crippen LogP contribution in [-0.4, -0.2) is 37.8 Å². The molecule has 6 heteroatoms. The molecule has 94 valence electrons. The van der Waals surface area contributed by atoms with Crippen LogP contribution in [0.5, 0.6) is 0 Å². The van der Waals surface area contributed by atoms with Gasteiger partial charge in [-0.1, -0.05) is 0 Å². The van der Waals surface area contributed by atoms with E-state index in [2.05, 4.69) is 20.4 Å². The van der Waals surface area contributed by atoms with E-state index in [1.54, 1.807) is 4.52 Å². The molecule has 0 aliphatic carbocycles. The summed E-state index contributed by atoms with van der Waals surface area (Å²) in [6.07, 6.45) is 5.78. The number of nitrogens with one attached hydrogen (secondary N) is 1. The molecule has 2 aliphatic rings. The van der Waals surface area contributed by atoms with Crippen LogP contribution in [-0.2, 0) is 4.74 Å². The second-order valence-electron chi connectivity index (χ2n) is 5.12. The molecule has 2 fully saturated rings. The topological polar surface area (TPSA) is 64.3 Å². The van der Waals surface area contributed by atoms with Gasteiger partial charge in [0.1, 0.15) is 12.1 Å². The summed E-state index contributed by atoms with van der Waals surface area (Å²) >= 11 is 0. The number of aromatic nitrogens is 4. The zero-order chi connectivity index (χ0) is 12.1. The molecule has 0 radical (unpaired) electrons.